The summed E-state index contributed by atoms with van der Waals surface area (Å²) in [6, 6.07) is 7.05. The summed E-state index contributed by atoms with van der Waals surface area (Å²) in [7, 11) is 2.04. The van der Waals surface area contributed by atoms with Gasteiger partial charge in [0.15, 0.2) is 0 Å². The van der Waals surface area contributed by atoms with Crippen LogP contribution in [0.3, 0.4) is 0 Å². The van der Waals surface area contributed by atoms with Gasteiger partial charge in [-0.1, -0.05) is 22.0 Å². The highest BCUT2D eigenvalue weighted by molar-refractivity contribution is 9.10. The van der Waals surface area contributed by atoms with E-state index in [1.54, 1.807) is 0 Å². The summed E-state index contributed by atoms with van der Waals surface area (Å²) in [5.74, 6) is 0. The van der Waals surface area contributed by atoms with Gasteiger partial charge in [0, 0.05) is 17.1 Å². The zero-order valence-electron chi connectivity index (χ0n) is 11.2. The fourth-order valence-electron chi connectivity index (χ4n) is 2.67. The summed E-state index contributed by atoms with van der Waals surface area (Å²) in [4.78, 5) is 0. The van der Waals surface area contributed by atoms with Crippen molar-refractivity contribution in [2.75, 3.05) is 13.7 Å². The Bertz CT molecular complexity index is 368. The van der Waals surface area contributed by atoms with E-state index in [9.17, 15) is 0 Å². The normalized spacial score (nSPS) is 21.2. The van der Waals surface area contributed by atoms with Gasteiger partial charge in [-0.15, -0.1) is 0 Å². The lowest BCUT2D eigenvalue weighted by Crippen LogP contribution is -2.19. The van der Waals surface area contributed by atoms with Gasteiger partial charge in [-0.2, -0.15) is 0 Å². The smallest absolute Gasteiger partial charge is 0.0576 e. The molecule has 0 saturated carbocycles. The van der Waals surface area contributed by atoms with Crippen LogP contribution >= 0.6 is 15.9 Å². The quantitative estimate of drug-likeness (QED) is 0.888. The molecule has 2 nitrogen and oxygen atoms in total. The van der Waals surface area contributed by atoms with Crippen LogP contribution in [0.1, 0.15) is 42.9 Å². The van der Waals surface area contributed by atoms with Crippen molar-refractivity contribution in [2.45, 2.75) is 44.8 Å². The Morgan fingerprint density at radius 3 is 2.89 bits per heavy atom. The average Bonchev–Trinajstić information content (AvgIpc) is 2.81. The number of halogens is 1. The molecule has 1 aromatic rings. The maximum atomic E-state index is 5.69. The minimum atomic E-state index is 0.422. The molecule has 1 fully saturated rings. The molecule has 18 heavy (non-hydrogen) atoms. The molecule has 0 bridgehead atoms. The summed E-state index contributed by atoms with van der Waals surface area (Å²) in [6.45, 7) is 3.09. The topological polar surface area (TPSA) is 21.3 Å². The highest BCUT2D eigenvalue weighted by atomic mass is 79.9. The first kappa shape index (κ1) is 14.0. The van der Waals surface area contributed by atoms with Crippen LogP contribution in [0.15, 0.2) is 22.7 Å². The van der Waals surface area contributed by atoms with Gasteiger partial charge < -0.3 is 10.1 Å². The fourth-order valence-corrected chi connectivity index (χ4v) is 3.29. The van der Waals surface area contributed by atoms with E-state index < -0.39 is 0 Å². The predicted molar refractivity (Wildman–Crippen MR) is 78.9 cm³/mol. The molecule has 0 aromatic heterocycles. The Morgan fingerprint density at radius 2 is 2.28 bits per heavy atom. The lowest BCUT2D eigenvalue weighted by molar-refractivity contribution is 0.0998. The predicted octanol–water partition coefficient (Wildman–Crippen LogP) is 3.98. The van der Waals surface area contributed by atoms with Crippen molar-refractivity contribution in [3.05, 3.63) is 33.8 Å². The molecule has 2 rings (SSSR count). The molecule has 0 amide bonds. The zero-order chi connectivity index (χ0) is 13.0. The van der Waals surface area contributed by atoms with Crippen molar-refractivity contribution in [1.82, 2.24) is 5.32 Å². The molecule has 0 radical (unpaired) electrons. The Balaban J connectivity index is 1.98. The van der Waals surface area contributed by atoms with E-state index in [0.29, 0.717) is 12.1 Å². The van der Waals surface area contributed by atoms with E-state index in [1.807, 2.05) is 7.05 Å². The number of benzene rings is 1. The standard InChI is InChI=1S/C15H22BrNO/c1-11-8-12(10-13(16)9-11)15(17-2)6-5-14-4-3-7-18-14/h8-10,14-15,17H,3-7H2,1-2H3. The molecule has 1 aromatic carbocycles. The number of rotatable bonds is 5. The van der Waals surface area contributed by atoms with Crippen LogP contribution in [0.2, 0.25) is 0 Å². The van der Waals surface area contributed by atoms with Crippen molar-refractivity contribution in [2.24, 2.45) is 0 Å². The summed E-state index contributed by atoms with van der Waals surface area (Å²) >= 11 is 3.58. The van der Waals surface area contributed by atoms with E-state index in [0.717, 1.165) is 23.9 Å². The van der Waals surface area contributed by atoms with Crippen molar-refractivity contribution >= 4 is 15.9 Å². The summed E-state index contributed by atoms with van der Waals surface area (Å²) in [5, 5.41) is 3.42. The lowest BCUT2D eigenvalue weighted by atomic mass is 9.98. The van der Waals surface area contributed by atoms with Gasteiger partial charge >= 0.3 is 0 Å². The highest BCUT2D eigenvalue weighted by Crippen LogP contribution is 2.26. The molecular weight excluding hydrogens is 290 g/mol. The number of aryl methyl sites for hydroxylation is 1. The summed E-state index contributed by atoms with van der Waals surface area (Å²) in [5.41, 5.74) is 2.67. The first-order chi connectivity index (χ1) is 8.69. The Labute approximate surface area is 118 Å². The number of hydrogen-bond donors (Lipinski definition) is 1. The molecule has 2 unspecified atom stereocenters. The van der Waals surface area contributed by atoms with E-state index in [4.69, 9.17) is 4.74 Å². The van der Waals surface area contributed by atoms with Gasteiger partial charge in [-0.3, -0.25) is 0 Å². The van der Waals surface area contributed by atoms with Crippen molar-refractivity contribution in [3.8, 4) is 0 Å². The molecule has 1 saturated heterocycles. The van der Waals surface area contributed by atoms with Crippen LogP contribution in [0.25, 0.3) is 0 Å². The van der Waals surface area contributed by atoms with Crippen LogP contribution in [0.5, 0.6) is 0 Å². The van der Waals surface area contributed by atoms with Gasteiger partial charge in [0.2, 0.25) is 0 Å². The van der Waals surface area contributed by atoms with Crippen LogP contribution in [-0.2, 0) is 4.74 Å². The maximum Gasteiger partial charge on any atom is 0.0576 e. The molecular formula is C15H22BrNO. The van der Waals surface area contributed by atoms with Gasteiger partial charge in [0.25, 0.3) is 0 Å². The van der Waals surface area contributed by atoms with Crippen LogP contribution in [-0.4, -0.2) is 19.8 Å². The molecule has 1 aliphatic heterocycles. The average molecular weight is 312 g/mol. The molecule has 1 heterocycles. The third-order valence-corrected chi connectivity index (χ3v) is 4.07. The van der Waals surface area contributed by atoms with E-state index in [1.165, 1.54) is 24.0 Å². The Kier molecular flexibility index (Phi) is 5.22. The SMILES string of the molecule is CNC(CCC1CCCO1)c1cc(C)cc(Br)c1. The number of ether oxygens (including phenoxy) is 1. The molecule has 2 atom stereocenters. The third kappa shape index (κ3) is 3.81. The molecule has 1 N–H and O–H groups in total. The van der Waals surface area contributed by atoms with Gasteiger partial charge in [-0.05, 0) is 62.9 Å². The second-order valence-electron chi connectivity index (χ2n) is 5.12. The lowest BCUT2D eigenvalue weighted by Gasteiger charge is -2.19. The highest BCUT2D eigenvalue weighted by Gasteiger charge is 2.18. The molecule has 0 spiro atoms. The zero-order valence-corrected chi connectivity index (χ0v) is 12.8. The molecule has 1 aliphatic rings. The number of nitrogens with one attached hydrogen (secondary N) is 1. The van der Waals surface area contributed by atoms with Crippen molar-refractivity contribution < 1.29 is 4.74 Å². The summed E-state index contributed by atoms with van der Waals surface area (Å²) in [6.07, 6.45) is 5.22. The van der Waals surface area contributed by atoms with Gasteiger partial charge in [0.1, 0.15) is 0 Å². The van der Waals surface area contributed by atoms with Crippen LogP contribution < -0.4 is 5.32 Å². The minimum absolute atomic E-state index is 0.422. The molecule has 3 heteroatoms. The van der Waals surface area contributed by atoms with Crippen LogP contribution in [0, 0.1) is 6.92 Å². The van der Waals surface area contributed by atoms with Gasteiger partial charge in [0.05, 0.1) is 6.10 Å². The molecule has 100 valence electrons. The first-order valence-electron chi connectivity index (χ1n) is 6.75. The first-order valence-corrected chi connectivity index (χ1v) is 7.54. The van der Waals surface area contributed by atoms with Crippen molar-refractivity contribution in [3.63, 3.8) is 0 Å². The second-order valence-corrected chi connectivity index (χ2v) is 6.03. The maximum absolute atomic E-state index is 5.69. The van der Waals surface area contributed by atoms with E-state index in [2.05, 4.69) is 46.4 Å². The monoisotopic (exact) mass is 311 g/mol. The minimum Gasteiger partial charge on any atom is -0.378 e. The van der Waals surface area contributed by atoms with Crippen molar-refractivity contribution in [1.29, 1.82) is 0 Å². The van der Waals surface area contributed by atoms with Crippen LogP contribution in [0.4, 0.5) is 0 Å². The number of hydrogen-bond acceptors (Lipinski definition) is 2. The summed E-state index contributed by atoms with van der Waals surface area (Å²) < 4.78 is 6.86. The largest absolute Gasteiger partial charge is 0.378 e. The third-order valence-electron chi connectivity index (χ3n) is 3.62. The molecule has 0 aliphatic carbocycles. The second kappa shape index (κ2) is 6.69. The Hall–Kier alpha value is -0.380. The Morgan fingerprint density at radius 1 is 1.44 bits per heavy atom. The van der Waals surface area contributed by atoms with E-state index >= 15 is 0 Å². The van der Waals surface area contributed by atoms with E-state index in [-0.39, 0.29) is 0 Å². The van der Waals surface area contributed by atoms with Gasteiger partial charge in [-0.25, -0.2) is 0 Å². The fraction of sp³-hybridized carbons (Fsp3) is 0.600.